The molecule has 1 unspecified atom stereocenters. The van der Waals surface area contributed by atoms with E-state index >= 15 is 0 Å². The normalized spacial score (nSPS) is 20.1. The van der Waals surface area contributed by atoms with E-state index in [1.165, 1.54) is 19.3 Å². The highest BCUT2D eigenvalue weighted by molar-refractivity contribution is 5.94. The van der Waals surface area contributed by atoms with Crippen LogP contribution in [0, 0.1) is 5.92 Å². The quantitative estimate of drug-likeness (QED) is 0.363. The average Bonchev–Trinajstić information content (AvgIpc) is 3.25. The lowest BCUT2D eigenvalue weighted by Crippen LogP contribution is -2.46. The number of guanidine groups is 1. The fourth-order valence-corrected chi connectivity index (χ4v) is 4.23. The van der Waals surface area contributed by atoms with Crippen molar-refractivity contribution in [1.82, 2.24) is 20.9 Å². The lowest BCUT2D eigenvalue weighted by molar-refractivity contribution is -0.135. The summed E-state index contributed by atoms with van der Waals surface area (Å²) >= 11 is 0. The summed E-state index contributed by atoms with van der Waals surface area (Å²) in [6.07, 6.45) is 6.67. The first-order valence-electron chi connectivity index (χ1n) is 11.3. The van der Waals surface area contributed by atoms with E-state index in [-0.39, 0.29) is 17.9 Å². The predicted molar refractivity (Wildman–Crippen MR) is 119 cm³/mol. The van der Waals surface area contributed by atoms with Crippen LogP contribution < -0.4 is 16.0 Å². The fraction of sp³-hybridized carbons (Fsp3) is 0.609. The third-order valence-electron chi connectivity index (χ3n) is 5.84. The van der Waals surface area contributed by atoms with E-state index in [0.717, 1.165) is 44.9 Å². The van der Waals surface area contributed by atoms with Crippen molar-refractivity contribution in [3.05, 3.63) is 35.9 Å². The molecule has 1 aliphatic carbocycles. The largest absolute Gasteiger partial charge is 0.357 e. The molecule has 0 spiro atoms. The molecular formula is C23H35N5O2. The standard InChI is InChI=1S/C23H35N5O2/c1-2-24-23(26-15-14-25-21(29)18-9-5-3-6-10-18)27-20-13-16-28(17-20)22(30)19-11-7-4-8-12-19/h3,5-6,9-10,19-20H,2,4,7-8,11-17H2,1H3,(H,25,29)(H2,24,26,27). The summed E-state index contributed by atoms with van der Waals surface area (Å²) in [5.41, 5.74) is 0.653. The third kappa shape index (κ3) is 6.47. The molecule has 1 aromatic rings. The SMILES string of the molecule is CCNC(=NCCNC(=O)c1ccccc1)NC1CCN(C(=O)C2CCCCC2)C1. The second-order valence-electron chi connectivity index (χ2n) is 8.13. The molecule has 0 radical (unpaired) electrons. The Morgan fingerprint density at radius 1 is 1.07 bits per heavy atom. The number of carbonyl (C=O) groups excluding carboxylic acids is 2. The number of carbonyl (C=O) groups is 2. The molecule has 30 heavy (non-hydrogen) atoms. The van der Waals surface area contributed by atoms with Gasteiger partial charge in [-0.25, -0.2) is 0 Å². The molecule has 1 heterocycles. The van der Waals surface area contributed by atoms with Crippen LogP contribution in [0.5, 0.6) is 0 Å². The van der Waals surface area contributed by atoms with E-state index < -0.39 is 0 Å². The average molecular weight is 414 g/mol. The lowest BCUT2D eigenvalue weighted by atomic mass is 9.88. The van der Waals surface area contributed by atoms with Gasteiger partial charge in [-0.2, -0.15) is 0 Å². The van der Waals surface area contributed by atoms with Crippen LogP contribution in [0.4, 0.5) is 0 Å². The minimum atomic E-state index is -0.0866. The number of nitrogens with one attached hydrogen (secondary N) is 3. The van der Waals surface area contributed by atoms with E-state index in [1.807, 2.05) is 30.0 Å². The minimum Gasteiger partial charge on any atom is -0.357 e. The second-order valence-corrected chi connectivity index (χ2v) is 8.13. The number of aliphatic imine (C=N–C) groups is 1. The first-order valence-corrected chi connectivity index (χ1v) is 11.3. The summed E-state index contributed by atoms with van der Waals surface area (Å²) in [6, 6.07) is 9.40. The number of nitrogens with zero attached hydrogens (tertiary/aromatic N) is 2. The van der Waals surface area contributed by atoms with Crippen LogP contribution in [0.15, 0.2) is 35.3 Å². The molecule has 2 aliphatic rings. The molecule has 1 atom stereocenters. The number of benzene rings is 1. The van der Waals surface area contributed by atoms with Crippen LogP contribution in [0.1, 0.15) is 55.8 Å². The van der Waals surface area contributed by atoms with Gasteiger partial charge in [0, 0.05) is 43.7 Å². The Balaban J connectivity index is 1.43. The molecule has 1 saturated carbocycles. The van der Waals surface area contributed by atoms with E-state index in [9.17, 15) is 9.59 Å². The van der Waals surface area contributed by atoms with Gasteiger partial charge in [0.25, 0.3) is 5.91 Å². The zero-order valence-corrected chi connectivity index (χ0v) is 18.0. The molecule has 1 saturated heterocycles. The molecule has 3 N–H and O–H groups in total. The van der Waals surface area contributed by atoms with Crippen molar-refractivity contribution in [2.45, 2.75) is 51.5 Å². The monoisotopic (exact) mass is 413 g/mol. The van der Waals surface area contributed by atoms with Gasteiger partial charge in [-0.1, -0.05) is 37.5 Å². The summed E-state index contributed by atoms with van der Waals surface area (Å²) in [6.45, 7) is 5.32. The van der Waals surface area contributed by atoms with Crippen LogP contribution in [0.25, 0.3) is 0 Å². The number of hydrogen-bond donors (Lipinski definition) is 3. The number of rotatable bonds is 7. The van der Waals surface area contributed by atoms with Gasteiger partial charge in [-0.05, 0) is 38.3 Å². The Labute approximate surface area is 179 Å². The summed E-state index contributed by atoms with van der Waals surface area (Å²) in [5, 5.41) is 9.61. The van der Waals surface area contributed by atoms with Crippen LogP contribution in [-0.2, 0) is 4.79 Å². The molecule has 2 amide bonds. The number of hydrogen-bond acceptors (Lipinski definition) is 3. The summed E-state index contributed by atoms with van der Waals surface area (Å²) in [4.78, 5) is 31.5. The first-order chi connectivity index (χ1) is 14.7. The molecular weight excluding hydrogens is 378 g/mol. The van der Waals surface area contributed by atoms with E-state index in [1.54, 1.807) is 12.1 Å². The highest BCUT2D eigenvalue weighted by atomic mass is 16.2. The van der Waals surface area contributed by atoms with Gasteiger partial charge in [0.1, 0.15) is 0 Å². The maximum absolute atomic E-state index is 12.8. The Bertz CT molecular complexity index is 716. The highest BCUT2D eigenvalue weighted by Gasteiger charge is 2.31. The van der Waals surface area contributed by atoms with Crippen molar-refractivity contribution in [2.24, 2.45) is 10.9 Å². The van der Waals surface area contributed by atoms with Gasteiger partial charge in [-0.3, -0.25) is 14.6 Å². The fourth-order valence-electron chi connectivity index (χ4n) is 4.23. The molecule has 0 aromatic heterocycles. The maximum atomic E-state index is 12.8. The zero-order valence-electron chi connectivity index (χ0n) is 18.0. The lowest BCUT2D eigenvalue weighted by Gasteiger charge is -2.26. The molecule has 164 valence electrons. The van der Waals surface area contributed by atoms with Crippen LogP contribution in [-0.4, -0.2) is 61.4 Å². The van der Waals surface area contributed by atoms with Gasteiger partial charge in [-0.15, -0.1) is 0 Å². The maximum Gasteiger partial charge on any atom is 0.251 e. The van der Waals surface area contributed by atoms with Crippen molar-refractivity contribution in [3.63, 3.8) is 0 Å². The molecule has 3 rings (SSSR count). The first kappa shape index (κ1) is 22.1. The Hall–Kier alpha value is -2.57. The summed E-state index contributed by atoms with van der Waals surface area (Å²) in [5.74, 6) is 1.22. The molecule has 1 aromatic carbocycles. The minimum absolute atomic E-state index is 0.0866. The van der Waals surface area contributed by atoms with Crippen LogP contribution in [0.2, 0.25) is 0 Å². The molecule has 2 fully saturated rings. The van der Waals surface area contributed by atoms with Gasteiger partial charge < -0.3 is 20.9 Å². The van der Waals surface area contributed by atoms with Crippen LogP contribution in [0.3, 0.4) is 0 Å². The Morgan fingerprint density at radius 3 is 2.57 bits per heavy atom. The number of likely N-dealkylation sites (tertiary alicyclic amines) is 1. The van der Waals surface area contributed by atoms with E-state index in [0.29, 0.717) is 24.6 Å². The smallest absolute Gasteiger partial charge is 0.251 e. The topological polar surface area (TPSA) is 85.8 Å². The molecule has 7 nitrogen and oxygen atoms in total. The molecule has 0 bridgehead atoms. The van der Waals surface area contributed by atoms with Crippen LogP contribution >= 0.6 is 0 Å². The van der Waals surface area contributed by atoms with Gasteiger partial charge in [0.05, 0.1) is 6.54 Å². The van der Waals surface area contributed by atoms with Gasteiger partial charge in [0.2, 0.25) is 5.91 Å². The molecule has 1 aliphatic heterocycles. The Kier molecular flexibility index (Phi) is 8.53. The number of amides is 2. The van der Waals surface area contributed by atoms with Crippen molar-refractivity contribution in [1.29, 1.82) is 0 Å². The summed E-state index contributed by atoms with van der Waals surface area (Å²) < 4.78 is 0. The molecule has 7 heteroatoms. The van der Waals surface area contributed by atoms with Crippen molar-refractivity contribution < 1.29 is 9.59 Å². The van der Waals surface area contributed by atoms with E-state index in [4.69, 9.17) is 0 Å². The zero-order chi connectivity index (χ0) is 21.2. The highest BCUT2D eigenvalue weighted by Crippen LogP contribution is 2.26. The third-order valence-corrected chi connectivity index (χ3v) is 5.84. The van der Waals surface area contributed by atoms with Gasteiger partial charge in [0.15, 0.2) is 5.96 Å². The van der Waals surface area contributed by atoms with Crippen molar-refractivity contribution in [2.75, 3.05) is 32.7 Å². The van der Waals surface area contributed by atoms with Crippen molar-refractivity contribution in [3.8, 4) is 0 Å². The van der Waals surface area contributed by atoms with Crippen molar-refractivity contribution >= 4 is 17.8 Å². The summed E-state index contributed by atoms with van der Waals surface area (Å²) in [7, 11) is 0. The predicted octanol–water partition coefficient (Wildman–Crippen LogP) is 2.15. The Morgan fingerprint density at radius 2 is 1.83 bits per heavy atom. The van der Waals surface area contributed by atoms with E-state index in [2.05, 4.69) is 20.9 Å². The second kappa shape index (κ2) is 11.6. The van der Waals surface area contributed by atoms with Gasteiger partial charge >= 0.3 is 0 Å².